The van der Waals surface area contributed by atoms with E-state index in [0.29, 0.717) is 30.6 Å². The number of nitrogens with zero attached hydrogens (tertiary/aromatic N) is 2. The molecule has 0 bridgehead atoms. The standard InChI is InChI=1S/C16H21N3O2S/c1-10-5-11(7-13-15(10)18-16(17)22-13)6-12-8-14(20)19(9-12)3-4-21-2/h5,7,12H,3-4,6,8-9H2,1-2H3,(H2,17,18)/t12-/m1/s1. The molecule has 1 atom stereocenters. The fourth-order valence-electron chi connectivity index (χ4n) is 3.15. The molecule has 5 nitrogen and oxygen atoms in total. The number of ether oxygens (including phenoxy) is 1. The van der Waals surface area contributed by atoms with Crippen molar-refractivity contribution in [1.29, 1.82) is 0 Å². The first-order chi connectivity index (χ1) is 10.6. The van der Waals surface area contributed by atoms with E-state index in [1.54, 1.807) is 7.11 Å². The Bertz CT molecular complexity index is 698. The minimum absolute atomic E-state index is 0.238. The predicted molar refractivity (Wildman–Crippen MR) is 89.0 cm³/mol. The van der Waals surface area contributed by atoms with Gasteiger partial charge in [0.25, 0.3) is 0 Å². The van der Waals surface area contributed by atoms with Gasteiger partial charge in [-0.25, -0.2) is 4.98 Å². The lowest BCUT2D eigenvalue weighted by molar-refractivity contribution is -0.128. The summed E-state index contributed by atoms with van der Waals surface area (Å²) in [6, 6.07) is 4.34. The molecule has 1 fully saturated rings. The average Bonchev–Trinajstić information content (AvgIpc) is 2.99. The van der Waals surface area contributed by atoms with E-state index < -0.39 is 0 Å². The highest BCUT2D eigenvalue weighted by Gasteiger charge is 2.29. The first-order valence-corrected chi connectivity index (χ1v) is 8.30. The van der Waals surface area contributed by atoms with Crippen molar-refractivity contribution in [3.63, 3.8) is 0 Å². The van der Waals surface area contributed by atoms with Crippen molar-refractivity contribution >= 4 is 32.6 Å². The molecule has 2 N–H and O–H groups in total. The number of likely N-dealkylation sites (tertiary alicyclic amines) is 1. The second-order valence-corrected chi connectivity index (χ2v) is 6.98. The Kier molecular flexibility index (Phi) is 4.31. The number of hydrogen-bond donors (Lipinski definition) is 1. The molecule has 0 spiro atoms. The monoisotopic (exact) mass is 319 g/mol. The van der Waals surface area contributed by atoms with Gasteiger partial charge in [0.15, 0.2) is 5.13 Å². The van der Waals surface area contributed by atoms with E-state index >= 15 is 0 Å². The first kappa shape index (κ1) is 15.2. The molecule has 1 aliphatic rings. The fourth-order valence-corrected chi connectivity index (χ4v) is 4.02. The van der Waals surface area contributed by atoms with Gasteiger partial charge in [0.05, 0.1) is 16.8 Å². The number of rotatable bonds is 5. The molecule has 0 radical (unpaired) electrons. The molecule has 0 aliphatic carbocycles. The molecule has 2 heterocycles. The van der Waals surface area contributed by atoms with Crippen LogP contribution in [0.5, 0.6) is 0 Å². The summed E-state index contributed by atoms with van der Waals surface area (Å²) in [6.45, 7) is 4.18. The number of fused-ring (bicyclic) bond motifs is 1. The lowest BCUT2D eigenvalue weighted by atomic mass is 9.97. The van der Waals surface area contributed by atoms with E-state index in [0.717, 1.165) is 28.7 Å². The maximum atomic E-state index is 12.0. The van der Waals surface area contributed by atoms with E-state index in [1.807, 2.05) is 4.90 Å². The van der Waals surface area contributed by atoms with Gasteiger partial charge in [0.2, 0.25) is 5.91 Å². The van der Waals surface area contributed by atoms with Crippen molar-refractivity contribution in [2.24, 2.45) is 5.92 Å². The van der Waals surface area contributed by atoms with Gasteiger partial charge in [-0.3, -0.25) is 4.79 Å². The van der Waals surface area contributed by atoms with Crippen LogP contribution in [0.3, 0.4) is 0 Å². The van der Waals surface area contributed by atoms with Crippen molar-refractivity contribution in [3.8, 4) is 0 Å². The van der Waals surface area contributed by atoms with Crippen LogP contribution < -0.4 is 5.73 Å². The third-order valence-electron chi connectivity index (χ3n) is 4.15. The van der Waals surface area contributed by atoms with Gasteiger partial charge in [-0.05, 0) is 36.5 Å². The van der Waals surface area contributed by atoms with Crippen LogP contribution in [0.2, 0.25) is 0 Å². The van der Waals surface area contributed by atoms with Gasteiger partial charge in [-0.1, -0.05) is 17.4 Å². The average molecular weight is 319 g/mol. The summed E-state index contributed by atoms with van der Waals surface area (Å²) in [6.07, 6.45) is 1.55. The van der Waals surface area contributed by atoms with Crippen LogP contribution in [0.1, 0.15) is 17.5 Å². The van der Waals surface area contributed by atoms with Crippen LogP contribution in [0.25, 0.3) is 10.2 Å². The fraction of sp³-hybridized carbons (Fsp3) is 0.500. The normalized spacial score (nSPS) is 18.5. The van der Waals surface area contributed by atoms with Crippen molar-refractivity contribution in [2.45, 2.75) is 19.8 Å². The number of carbonyl (C=O) groups excluding carboxylic acids is 1. The van der Waals surface area contributed by atoms with Crippen LogP contribution in [0.4, 0.5) is 5.13 Å². The van der Waals surface area contributed by atoms with Crippen LogP contribution in [0, 0.1) is 12.8 Å². The number of carbonyl (C=O) groups is 1. The molecule has 1 aromatic carbocycles. The van der Waals surface area contributed by atoms with E-state index in [4.69, 9.17) is 10.5 Å². The summed E-state index contributed by atoms with van der Waals surface area (Å²) in [5, 5.41) is 0.608. The molecule has 0 unspecified atom stereocenters. The van der Waals surface area contributed by atoms with Gasteiger partial charge in [0.1, 0.15) is 0 Å². The molecule has 3 rings (SSSR count). The van der Waals surface area contributed by atoms with Gasteiger partial charge < -0.3 is 15.4 Å². The largest absolute Gasteiger partial charge is 0.383 e. The molecular weight excluding hydrogens is 298 g/mol. The van der Waals surface area contributed by atoms with Crippen LogP contribution in [-0.2, 0) is 16.0 Å². The highest BCUT2D eigenvalue weighted by atomic mass is 32.1. The Morgan fingerprint density at radius 2 is 2.32 bits per heavy atom. The highest BCUT2D eigenvalue weighted by Crippen LogP contribution is 2.30. The smallest absolute Gasteiger partial charge is 0.223 e. The van der Waals surface area contributed by atoms with Gasteiger partial charge >= 0.3 is 0 Å². The minimum atomic E-state index is 0.238. The van der Waals surface area contributed by atoms with Gasteiger partial charge in [-0.15, -0.1) is 0 Å². The molecule has 1 saturated heterocycles. The van der Waals surface area contributed by atoms with Crippen LogP contribution in [0.15, 0.2) is 12.1 Å². The number of thiazole rings is 1. The number of hydrogen-bond acceptors (Lipinski definition) is 5. The second-order valence-electron chi connectivity index (χ2n) is 5.92. The molecule has 1 aromatic heterocycles. The van der Waals surface area contributed by atoms with Crippen molar-refractivity contribution in [3.05, 3.63) is 23.3 Å². The number of aromatic nitrogens is 1. The second kappa shape index (κ2) is 6.22. The summed E-state index contributed by atoms with van der Waals surface area (Å²) < 4.78 is 6.19. The van der Waals surface area contributed by atoms with E-state index in [2.05, 4.69) is 24.0 Å². The summed E-state index contributed by atoms with van der Waals surface area (Å²) in [5.74, 6) is 0.619. The number of nitrogens with two attached hydrogens (primary N) is 1. The molecule has 1 aliphatic heterocycles. The minimum Gasteiger partial charge on any atom is -0.383 e. The lowest BCUT2D eigenvalue weighted by Gasteiger charge is -2.16. The third kappa shape index (κ3) is 3.08. The van der Waals surface area contributed by atoms with Crippen LogP contribution in [-0.4, -0.2) is 42.6 Å². The summed E-state index contributed by atoms with van der Waals surface area (Å²) >= 11 is 1.52. The Morgan fingerprint density at radius 1 is 1.50 bits per heavy atom. The topological polar surface area (TPSA) is 68.4 Å². The zero-order chi connectivity index (χ0) is 15.7. The third-order valence-corrected chi connectivity index (χ3v) is 4.98. The number of nitrogen functional groups attached to an aromatic ring is 1. The molecular formula is C16H21N3O2S. The molecule has 2 aromatic rings. The highest BCUT2D eigenvalue weighted by molar-refractivity contribution is 7.22. The van der Waals surface area contributed by atoms with E-state index in [1.165, 1.54) is 16.9 Å². The van der Waals surface area contributed by atoms with E-state index in [9.17, 15) is 4.79 Å². The van der Waals surface area contributed by atoms with Gasteiger partial charge in [0, 0.05) is 26.6 Å². The van der Waals surface area contributed by atoms with Crippen molar-refractivity contribution in [1.82, 2.24) is 9.88 Å². The zero-order valence-corrected chi connectivity index (χ0v) is 13.8. The maximum Gasteiger partial charge on any atom is 0.223 e. The van der Waals surface area contributed by atoms with Crippen molar-refractivity contribution in [2.75, 3.05) is 32.5 Å². The molecule has 118 valence electrons. The molecule has 1 amide bonds. The summed E-state index contributed by atoms with van der Waals surface area (Å²) in [5.41, 5.74) is 9.21. The van der Waals surface area contributed by atoms with Gasteiger partial charge in [-0.2, -0.15) is 0 Å². The number of amides is 1. The maximum absolute atomic E-state index is 12.0. The summed E-state index contributed by atoms with van der Waals surface area (Å²) in [7, 11) is 1.66. The number of methoxy groups -OCH3 is 1. The Balaban J connectivity index is 1.72. The van der Waals surface area contributed by atoms with E-state index in [-0.39, 0.29) is 5.91 Å². The number of benzene rings is 1. The summed E-state index contributed by atoms with van der Waals surface area (Å²) in [4.78, 5) is 18.3. The first-order valence-electron chi connectivity index (χ1n) is 7.49. The SMILES string of the molecule is COCCN1C[C@H](Cc2cc(C)c3nc(N)sc3c2)CC1=O. The van der Waals surface area contributed by atoms with Crippen molar-refractivity contribution < 1.29 is 9.53 Å². The predicted octanol–water partition coefficient (Wildman–Crippen LogP) is 2.22. The Morgan fingerprint density at radius 3 is 3.09 bits per heavy atom. The molecule has 22 heavy (non-hydrogen) atoms. The number of aryl methyl sites for hydroxylation is 1. The Labute approximate surface area is 134 Å². The lowest BCUT2D eigenvalue weighted by Crippen LogP contribution is -2.28. The number of anilines is 1. The molecule has 0 saturated carbocycles. The molecule has 6 heteroatoms. The zero-order valence-electron chi connectivity index (χ0n) is 13.0. The quantitative estimate of drug-likeness (QED) is 0.917. The Hall–Kier alpha value is -1.66. The van der Waals surface area contributed by atoms with Crippen LogP contribution >= 0.6 is 11.3 Å².